The van der Waals surface area contributed by atoms with Gasteiger partial charge in [-0.15, -0.1) is 0 Å². The quantitative estimate of drug-likeness (QED) is 0.518. The summed E-state index contributed by atoms with van der Waals surface area (Å²) in [4.78, 5) is 22.3. The molecule has 7 nitrogen and oxygen atoms in total. The summed E-state index contributed by atoms with van der Waals surface area (Å²) in [6, 6.07) is 13.7. The minimum atomic E-state index is -0.491. The number of aliphatic hydroxyl groups is 1. The molecule has 1 amide bonds. The summed E-state index contributed by atoms with van der Waals surface area (Å²) in [5.74, 6) is 0.709. The maximum atomic E-state index is 12.1. The minimum absolute atomic E-state index is 0.0235. The Bertz CT molecular complexity index is 1100. The summed E-state index contributed by atoms with van der Waals surface area (Å²) in [6.45, 7) is 3.75. The van der Waals surface area contributed by atoms with Gasteiger partial charge in [0.25, 0.3) is 5.91 Å². The van der Waals surface area contributed by atoms with E-state index in [4.69, 9.17) is 4.74 Å². The number of benzene rings is 1. The number of aromatic nitrogens is 2. The second-order valence-corrected chi connectivity index (χ2v) is 8.86. The molecule has 2 aliphatic heterocycles. The molecular weight excluding hydrogens is 416 g/mol. The Labute approximate surface area is 193 Å². The number of carbonyl (C=O) groups excluding carboxylic acids is 1. The lowest BCUT2D eigenvalue weighted by atomic mass is 10.1. The molecule has 3 N–H and O–H groups in total. The van der Waals surface area contributed by atoms with Gasteiger partial charge in [0.2, 0.25) is 0 Å². The number of rotatable bonds is 7. The Morgan fingerprint density at radius 3 is 2.67 bits per heavy atom. The van der Waals surface area contributed by atoms with Gasteiger partial charge in [0, 0.05) is 48.2 Å². The fourth-order valence-corrected chi connectivity index (χ4v) is 4.61. The smallest absolute Gasteiger partial charge is 0.253 e. The van der Waals surface area contributed by atoms with Crippen LogP contribution in [0, 0.1) is 0 Å². The molecule has 4 heterocycles. The Kier molecular flexibility index (Phi) is 6.41. The zero-order valence-electron chi connectivity index (χ0n) is 18.7. The number of likely N-dealkylation sites (tertiary alicyclic amines) is 1. The second kappa shape index (κ2) is 9.77. The summed E-state index contributed by atoms with van der Waals surface area (Å²) in [5.41, 5.74) is 5.44. The van der Waals surface area contributed by atoms with Crippen molar-refractivity contribution in [1.29, 1.82) is 0 Å². The van der Waals surface area contributed by atoms with E-state index in [0.717, 1.165) is 59.0 Å². The largest absolute Gasteiger partial charge is 0.491 e. The van der Waals surface area contributed by atoms with Gasteiger partial charge >= 0.3 is 0 Å². The molecule has 0 bridgehead atoms. The normalized spacial score (nSPS) is 17.3. The monoisotopic (exact) mass is 446 g/mol. The van der Waals surface area contributed by atoms with E-state index in [9.17, 15) is 9.90 Å². The molecule has 3 aromatic rings. The molecule has 0 aliphatic carbocycles. The van der Waals surface area contributed by atoms with Gasteiger partial charge in [-0.05, 0) is 68.4 Å². The van der Waals surface area contributed by atoms with E-state index in [2.05, 4.69) is 20.2 Å². The highest BCUT2D eigenvalue weighted by Crippen LogP contribution is 2.28. The first-order valence-electron chi connectivity index (χ1n) is 11.8. The minimum Gasteiger partial charge on any atom is -0.491 e. The second-order valence-electron chi connectivity index (χ2n) is 8.86. The number of H-pyrrole nitrogens is 1. The molecule has 2 aromatic heterocycles. The van der Waals surface area contributed by atoms with Crippen LogP contribution in [0.15, 0.2) is 48.7 Å². The van der Waals surface area contributed by atoms with Crippen LogP contribution < -0.4 is 10.1 Å². The van der Waals surface area contributed by atoms with E-state index < -0.39 is 6.10 Å². The lowest BCUT2D eigenvalue weighted by molar-refractivity contribution is 0.0617. The lowest BCUT2D eigenvalue weighted by Crippen LogP contribution is -2.38. The van der Waals surface area contributed by atoms with Crippen LogP contribution in [-0.4, -0.2) is 64.8 Å². The van der Waals surface area contributed by atoms with Crippen molar-refractivity contribution in [3.05, 3.63) is 59.9 Å². The number of nitrogens with one attached hydrogen (secondary N) is 2. The third-order valence-corrected chi connectivity index (χ3v) is 6.39. The van der Waals surface area contributed by atoms with E-state index in [1.807, 2.05) is 42.5 Å². The number of hydrogen-bond acceptors (Lipinski definition) is 5. The van der Waals surface area contributed by atoms with Crippen molar-refractivity contribution in [2.75, 3.05) is 32.8 Å². The number of aliphatic hydroxyl groups excluding tert-OH is 1. The predicted molar refractivity (Wildman–Crippen MR) is 127 cm³/mol. The summed E-state index contributed by atoms with van der Waals surface area (Å²) >= 11 is 0. The average Bonchev–Trinajstić information content (AvgIpc) is 3.30. The average molecular weight is 447 g/mol. The van der Waals surface area contributed by atoms with Crippen molar-refractivity contribution < 1.29 is 14.6 Å². The number of ether oxygens (including phenoxy) is 1. The van der Waals surface area contributed by atoms with Crippen LogP contribution >= 0.6 is 0 Å². The zero-order valence-corrected chi connectivity index (χ0v) is 18.7. The van der Waals surface area contributed by atoms with Gasteiger partial charge < -0.3 is 25.0 Å². The Morgan fingerprint density at radius 2 is 1.88 bits per heavy atom. The van der Waals surface area contributed by atoms with Crippen LogP contribution in [0.2, 0.25) is 0 Å². The van der Waals surface area contributed by atoms with Gasteiger partial charge in [0.05, 0.1) is 11.3 Å². The van der Waals surface area contributed by atoms with Gasteiger partial charge in [0.1, 0.15) is 18.5 Å². The van der Waals surface area contributed by atoms with E-state index in [0.29, 0.717) is 13.1 Å². The third-order valence-electron chi connectivity index (χ3n) is 6.39. The van der Waals surface area contributed by atoms with Crippen LogP contribution in [0.3, 0.4) is 0 Å². The maximum Gasteiger partial charge on any atom is 0.253 e. The first kappa shape index (κ1) is 21.7. The third kappa shape index (κ3) is 5.10. The molecule has 1 aromatic carbocycles. The highest BCUT2D eigenvalue weighted by atomic mass is 16.5. The summed E-state index contributed by atoms with van der Waals surface area (Å²) < 4.78 is 5.81. The number of pyridine rings is 1. The number of aromatic amines is 1. The van der Waals surface area contributed by atoms with Crippen LogP contribution in [-0.2, 0) is 6.42 Å². The van der Waals surface area contributed by atoms with Gasteiger partial charge in [-0.1, -0.05) is 6.42 Å². The molecule has 1 atom stereocenters. The Morgan fingerprint density at radius 1 is 1.06 bits per heavy atom. The standard InChI is InChI=1S/C26H30N4O3/c31-20(16-30-12-2-1-3-13-30)17-33-21-6-4-18(5-7-21)24-14-19(8-10-27-24)25-15-22-23(29-25)9-11-28-26(22)32/h4-8,10,14-15,20,29,31H,1-3,9,11-13,16-17H2,(H,28,32). The molecule has 7 heteroatoms. The van der Waals surface area contributed by atoms with Crippen molar-refractivity contribution >= 4 is 5.91 Å². The van der Waals surface area contributed by atoms with E-state index in [1.165, 1.54) is 19.3 Å². The summed E-state index contributed by atoms with van der Waals surface area (Å²) in [6.07, 6.45) is 5.82. The first-order valence-corrected chi connectivity index (χ1v) is 11.8. The highest BCUT2D eigenvalue weighted by molar-refractivity contribution is 5.97. The molecule has 172 valence electrons. The van der Waals surface area contributed by atoms with E-state index in [-0.39, 0.29) is 12.5 Å². The molecule has 0 spiro atoms. The number of β-amino-alcohol motifs (C(OH)–C–C–N with tert-alkyl or cyclic N) is 1. The fourth-order valence-electron chi connectivity index (χ4n) is 4.61. The number of nitrogens with zero attached hydrogens (tertiary/aromatic N) is 2. The van der Waals surface area contributed by atoms with Crippen LogP contribution in [0.1, 0.15) is 35.3 Å². The van der Waals surface area contributed by atoms with Gasteiger partial charge in [-0.3, -0.25) is 9.78 Å². The summed E-state index contributed by atoms with van der Waals surface area (Å²) in [5, 5.41) is 13.2. The van der Waals surface area contributed by atoms with Crippen LogP contribution in [0.4, 0.5) is 0 Å². The fraction of sp³-hybridized carbons (Fsp3) is 0.385. The number of hydrogen-bond donors (Lipinski definition) is 3. The number of fused-ring (bicyclic) bond motifs is 1. The molecular formula is C26H30N4O3. The zero-order chi connectivity index (χ0) is 22.6. The molecule has 0 radical (unpaired) electrons. The van der Waals surface area contributed by atoms with Crippen molar-refractivity contribution in [1.82, 2.24) is 20.2 Å². The molecule has 33 heavy (non-hydrogen) atoms. The summed E-state index contributed by atoms with van der Waals surface area (Å²) in [7, 11) is 0. The van der Waals surface area contributed by atoms with Crippen molar-refractivity contribution in [3.63, 3.8) is 0 Å². The molecule has 1 saturated heterocycles. The van der Waals surface area contributed by atoms with Crippen molar-refractivity contribution in [3.8, 4) is 28.3 Å². The molecule has 1 unspecified atom stereocenters. The van der Waals surface area contributed by atoms with Crippen LogP contribution in [0.5, 0.6) is 5.75 Å². The number of amides is 1. The molecule has 1 fully saturated rings. The van der Waals surface area contributed by atoms with E-state index in [1.54, 1.807) is 6.20 Å². The maximum absolute atomic E-state index is 12.1. The molecule has 0 saturated carbocycles. The predicted octanol–water partition coefficient (Wildman–Crippen LogP) is 3.26. The van der Waals surface area contributed by atoms with Gasteiger partial charge in [-0.25, -0.2) is 0 Å². The number of carbonyl (C=O) groups is 1. The molecule has 2 aliphatic rings. The highest BCUT2D eigenvalue weighted by Gasteiger charge is 2.20. The van der Waals surface area contributed by atoms with Gasteiger partial charge in [0.15, 0.2) is 0 Å². The Balaban J connectivity index is 1.23. The molecule has 5 rings (SSSR count). The first-order chi connectivity index (χ1) is 16.2. The van der Waals surface area contributed by atoms with Gasteiger partial charge in [-0.2, -0.15) is 0 Å². The topological polar surface area (TPSA) is 90.5 Å². The SMILES string of the molecule is O=C1NCCc2[nH]c(-c3ccnc(-c4ccc(OCC(O)CN5CCCCC5)cc4)c3)cc21. The number of piperidine rings is 1. The van der Waals surface area contributed by atoms with E-state index >= 15 is 0 Å². The van der Waals surface area contributed by atoms with Crippen molar-refractivity contribution in [2.45, 2.75) is 31.8 Å². The Hall–Kier alpha value is -3.16. The van der Waals surface area contributed by atoms with Crippen molar-refractivity contribution in [2.24, 2.45) is 0 Å². The lowest BCUT2D eigenvalue weighted by Gasteiger charge is -2.28. The van der Waals surface area contributed by atoms with Crippen LogP contribution in [0.25, 0.3) is 22.5 Å².